The Morgan fingerprint density at radius 2 is 2.30 bits per heavy atom. The predicted octanol–water partition coefficient (Wildman–Crippen LogP) is 4.15. The molecule has 2 atom stereocenters. The zero-order chi connectivity index (χ0) is 18.8. The van der Waals surface area contributed by atoms with E-state index in [0.717, 1.165) is 41.7 Å². The molecule has 0 bridgehead atoms. The van der Waals surface area contributed by atoms with Gasteiger partial charge in [0.05, 0.1) is 10.1 Å². The lowest BCUT2D eigenvalue weighted by Crippen LogP contribution is -2.44. The third kappa shape index (κ3) is 4.14. The largest absolute Gasteiger partial charge is 0.341 e. The number of likely N-dealkylation sites (tertiary alicyclic amines) is 1. The van der Waals surface area contributed by atoms with E-state index in [4.69, 9.17) is 5.10 Å². The van der Waals surface area contributed by atoms with E-state index in [2.05, 4.69) is 39.7 Å². The van der Waals surface area contributed by atoms with Crippen molar-refractivity contribution in [2.45, 2.75) is 40.4 Å². The average Bonchev–Trinajstić information content (AvgIpc) is 3.34. The first-order chi connectivity index (χ1) is 13.2. The maximum Gasteiger partial charge on any atom is 0.236 e. The molecule has 3 aromatic heterocycles. The van der Waals surface area contributed by atoms with Gasteiger partial charge in [0.2, 0.25) is 5.91 Å². The third-order valence-electron chi connectivity index (χ3n) is 4.56. The number of piperidine rings is 1. The van der Waals surface area contributed by atoms with Gasteiger partial charge in [-0.25, -0.2) is 0 Å². The molecule has 4 heterocycles. The predicted molar refractivity (Wildman–Crippen MR) is 118 cm³/mol. The van der Waals surface area contributed by atoms with Crippen LogP contribution in [-0.2, 0) is 4.79 Å². The number of carbonyl (C=O) groups excluding carboxylic acids is 1. The number of carbonyl (C=O) groups is 1. The van der Waals surface area contributed by atoms with Crippen molar-refractivity contribution in [1.82, 2.24) is 24.7 Å². The molecule has 0 spiro atoms. The van der Waals surface area contributed by atoms with Gasteiger partial charge in [-0.05, 0) is 42.8 Å². The van der Waals surface area contributed by atoms with E-state index >= 15 is 0 Å². The Kier molecular flexibility index (Phi) is 5.98. The minimum absolute atomic E-state index is 0.113. The van der Waals surface area contributed by atoms with Gasteiger partial charge in [0, 0.05) is 17.0 Å². The second kappa shape index (κ2) is 8.44. The lowest BCUT2D eigenvalue weighted by Gasteiger charge is -2.32. The fourth-order valence-corrected chi connectivity index (χ4v) is 5.77. The molecule has 0 saturated carbocycles. The molecule has 3 aromatic rings. The third-order valence-corrected chi connectivity index (χ3v) is 7.73. The van der Waals surface area contributed by atoms with Gasteiger partial charge in [-0.2, -0.15) is 9.61 Å². The highest BCUT2D eigenvalue weighted by Gasteiger charge is 2.28. The van der Waals surface area contributed by atoms with Gasteiger partial charge < -0.3 is 4.90 Å². The van der Waals surface area contributed by atoms with Crippen LogP contribution in [0.5, 0.6) is 0 Å². The summed E-state index contributed by atoms with van der Waals surface area (Å²) in [5.74, 6) is 0.971. The number of thioether (sulfide) groups is 1. The van der Waals surface area contributed by atoms with Crippen LogP contribution in [0.2, 0.25) is 0 Å². The zero-order valence-electron chi connectivity index (χ0n) is 14.9. The summed E-state index contributed by atoms with van der Waals surface area (Å²) >= 11 is 5.60. The van der Waals surface area contributed by atoms with Gasteiger partial charge in [0.15, 0.2) is 11.5 Å². The first-order valence-corrected chi connectivity index (χ1v) is 12.0. The standard InChI is InChI=1S/C18H20IN5OS2/c1-2-13(18(25)23-9-3-5-12(19)11-23)27-16-8-7-15-20-21-17(24(15)22-16)14-6-4-10-26-14/h4,6-8,10,12-13H,2-3,5,9,11H2,1H3. The fraction of sp³-hybridized carbons (Fsp3) is 0.444. The lowest BCUT2D eigenvalue weighted by molar-refractivity contribution is -0.131. The highest BCUT2D eigenvalue weighted by atomic mass is 127. The number of nitrogens with zero attached hydrogens (tertiary/aromatic N) is 5. The Bertz CT molecular complexity index is 929. The molecular formula is C18H20IN5OS2. The Morgan fingerprint density at radius 1 is 1.41 bits per heavy atom. The number of hydrogen-bond donors (Lipinski definition) is 0. The topological polar surface area (TPSA) is 63.4 Å². The van der Waals surface area contributed by atoms with Crippen LogP contribution in [0, 0.1) is 0 Å². The molecule has 6 nitrogen and oxygen atoms in total. The van der Waals surface area contributed by atoms with Gasteiger partial charge in [0.25, 0.3) is 0 Å². The van der Waals surface area contributed by atoms with Crippen LogP contribution in [0.1, 0.15) is 26.2 Å². The van der Waals surface area contributed by atoms with Crippen LogP contribution >= 0.6 is 45.7 Å². The van der Waals surface area contributed by atoms with Crippen LogP contribution in [0.25, 0.3) is 16.3 Å². The molecule has 0 aliphatic carbocycles. The Labute approximate surface area is 179 Å². The Hall–Kier alpha value is -1.20. The van der Waals surface area contributed by atoms with E-state index in [1.54, 1.807) is 15.9 Å². The molecule has 4 rings (SSSR count). The van der Waals surface area contributed by atoms with Crippen molar-refractivity contribution in [2.24, 2.45) is 0 Å². The van der Waals surface area contributed by atoms with Crippen LogP contribution in [0.15, 0.2) is 34.7 Å². The highest BCUT2D eigenvalue weighted by molar-refractivity contribution is 14.1. The molecule has 0 N–H and O–H groups in total. The molecule has 0 aromatic carbocycles. The van der Waals surface area contributed by atoms with E-state index in [0.29, 0.717) is 9.57 Å². The summed E-state index contributed by atoms with van der Waals surface area (Å²) in [5.41, 5.74) is 0.714. The molecule has 1 amide bonds. The summed E-state index contributed by atoms with van der Waals surface area (Å²) in [4.78, 5) is 16.0. The summed E-state index contributed by atoms with van der Waals surface area (Å²) in [5, 5.41) is 15.9. The summed E-state index contributed by atoms with van der Waals surface area (Å²) in [7, 11) is 0. The number of rotatable bonds is 5. The van der Waals surface area contributed by atoms with E-state index in [9.17, 15) is 4.79 Å². The second-order valence-corrected chi connectivity index (χ2v) is 10.4. The molecule has 1 aliphatic rings. The maximum atomic E-state index is 13.0. The van der Waals surface area contributed by atoms with Gasteiger partial charge in [-0.15, -0.1) is 21.5 Å². The number of halogens is 1. The highest BCUT2D eigenvalue weighted by Crippen LogP contribution is 2.29. The van der Waals surface area contributed by atoms with Crippen LogP contribution in [-0.4, -0.2) is 52.9 Å². The molecule has 1 saturated heterocycles. The van der Waals surface area contributed by atoms with Gasteiger partial charge >= 0.3 is 0 Å². The van der Waals surface area contributed by atoms with E-state index < -0.39 is 0 Å². The lowest BCUT2D eigenvalue weighted by atomic mass is 10.1. The zero-order valence-corrected chi connectivity index (χ0v) is 18.7. The molecular weight excluding hydrogens is 493 g/mol. The molecule has 1 fully saturated rings. The van der Waals surface area contributed by atoms with Crippen molar-refractivity contribution in [2.75, 3.05) is 13.1 Å². The van der Waals surface area contributed by atoms with Crippen LogP contribution in [0.3, 0.4) is 0 Å². The number of aromatic nitrogens is 4. The minimum Gasteiger partial charge on any atom is -0.341 e. The first-order valence-electron chi connectivity index (χ1n) is 9.01. The quantitative estimate of drug-likeness (QED) is 0.292. The Balaban J connectivity index is 1.56. The summed E-state index contributed by atoms with van der Waals surface area (Å²) < 4.78 is 2.33. The van der Waals surface area contributed by atoms with Crippen molar-refractivity contribution >= 4 is 57.2 Å². The van der Waals surface area contributed by atoms with Crippen molar-refractivity contribution in [3.8, 4) is 10.7 Å². The molecule has 9 heteroatoms. The minimum atomic E-state index is -0.113. The molecule has 27 heavy (non-hydrogen) atoms. The SMILES string of the molecule is CCC(Sc1ccc2nnc(-c3cccs3)n2n1)C(=O)N1CCCC(I)C1. The molecule has 0 radical (unpaired) electrons. The number of hydrogen-bond acceptors (Lipinski definition) is 6. The Morgan fingerprint density at radius 3 is 3.04 bits per heavy atom. The normalized spacial score (nSPS) is 18.7. The number of fused-ring (bicyclic) bond motifs is 1. The number of amides is 1. The molecule has 1 aliphatic heterocycles. The fourth-order valence-electron chi connectivity index (χ4n) is 3.18. The maximum absolute atomic E-state index is 13.0. The van der Waals surface area contributed by atoms with Crippen molar-refractivity contribution in [3.63, 3.8) is 0 Å². The van der Waals surface area contributed by atoms with Crippen LogP contribution < -0.4 is 0 Å². The number of thiophene rings is 1. The molecule has 2 unspecified atom stereocenters. The monoisotopic (exact) mass is 513 g/mol. The van der Waals surface area contributed by atoms with Crippen molar-refractivity contribution in [3.05, 3.63) is 29.6 Å². The van der Waals surface area contributed by atoms with Gasteiger partial charge in [0.1, 0.15) is 5.03 Å². The van der Waals surface area contributed by atoms with Crippen molar-refractivity contribution in [1.29, 1.82) is 0 Å². The second-order valence-electron chi connectivity index (χ2n) is 6.48. The van der Waals surface area contributed by atoms with Gasteiger partial charge in [-0.1, -0.05) is 47.3 Å². The van der Waals surface area contributed by atoms with Gasteiger partial charge in [-0.3, -0.25) is 4.79 Å². The number of alkyl halides is 1. The smallest absolute Gasteiger partial charge is 0.236 e. The van der Waals surface area contributed by atoms with Crippen molar-refractivity contribution < 1.29 is 4.79 Å². The molecule has 142 valence electrons. The van der Waals surface area contributed by atoms with E-state index in [1.807, 2.05) is 34.5 Å². The summed E-state index contributed by atoms with van der Waals surface area (Å²) in [6.07, 6.45) is 3.08. The average molecular weight is 513 g/mol. The van der Waals surface area contributed by atoms with E-state index in [1.165, 1.54) is 18.2 Å². The summed E-state index contributed by atoms with van der Waals surface area (Å²) in [6.45, 7) is 3.79. The van der Waals surface area contributed by atoms with E-state index in [-0.39, 0.29) is 11.2 Å². The van der Waals surface area contributed by atoms with Crippen LogP contribution in [0.4, 0.5) is 0 Å². The first kappa shape index (κ1) is 19.1. The summed E-state index contributed by atoms with van der Waals surface area (Å²) in [6, 6.07) is 7.85.